The van der Waals surface area contributed by atoms with E-state index in [2.05, 4.69) is 11.7 Å². The molecule has 1 aliphatic heterocycles. The van der Waals surface area contributed by atoms with Gasteiger partial charge in [0.25, 0.3) is 0 Å². The number of allylic oxidation sites excluding steroid dienone is 1. The molecule has 6 heteroatoms. The highest BCUT2D eigenvalue weighted by Gasteiger charge is 2.54. The monoisotopic (exact) mass is 386 g/mol. The molecule has 0 bridgehead atoms. The third kappa shape index (κ3) is 6.26. The standard InChI is InChI=1S/C21H35FO5/c1-3-4-5-8-14(23)11-12-15-16(24)13-18-20(15)21(22)17(27-18)9-6-7-10-19(25)26-2/h6,9,14-18,20-21,23-24H,3-5,7-8,10-13H2,1-2H3/b9-6+/t14-,15-,16+,17?,18-,20+,21-/m0/s1. The normalized spacial score (nSPS) is 34.1. The van der Waals surface area contributed by atoms with E-state index in [0.717, 1.165) is 25.7 Å². The van der Waals surface area contributed by atoms with Crippen LogP contribution in [0.5, 0.6) is 0 Å². The van der Waals surface area contributed by atoms with Gasteiger partial charge in [-0.05, 0) is 31.6 Å². The van der Waals surface area contributed by atoms with Gasteiger partial charge >= 0.3 is 5.97 Å². The van der Waals surface area contributed by atoms with Crippen LogP contribution in [0.15, 0.2) is 12.2 Å². The highest BCUT2D eigenvalue weighted by molar-refractivity contribution is 5.69. The SMILES string of the molecule is CCCCC[C@H](O)CC[C@@H]1[C@@H]2[C@H](C[C@H]1O)OC(/C=C/CCC(=O)OC)[C@@H]2F. The lowest BCUT2D eigenvalue weighted by atomic mass is 9.84. The van der Waals surface area contributed by atoms with Gasteiger partial charge in [-0.15, -0.1) is 0 Å². The Labute approximate surface area is 161 Å². The van der Waals surface area contributed by atoms with Crippen LogP contribution in [0.2, 0.25) is 0 Å². The van der Waals surface area contributed by atoms with Gasteiger partial charge in [-0.1, -0.05) is 38.3 Å². The number of unbranched alkanes of at least 4 members (excludes halogenated alkanes) is 2. The molecular formula is C21H35FO5. The minimum atomic E-state index is -1.16. The van der Waals surface area contributed by atoms with Crippen molar-refractivity contribution in [3.8, 4) is 0 Å². The van der Waals surface area contributed by atoms with Gasteiger partial charge in [-0.25, -0.2) is 4.39 Å². The molecule has 2 N–H and O–H groups in total. The zero-order chi connectivity index (χ0) is 19.8. The fourth-order valence-electron chi connectivity index (χ4n) is 4.41. The van der Waals surface area contributed by atoms with Crippen molar-refractivity contribution < 1.29 is 28.9 Å². The van der Waals surface area contributed by atoms with E-state index in [4.69, 9.17) is 4.74 Å². The minimum Gasteiger partial charge on any atom is -0.469 e. The summed E-state index contributed by atoms with van der Waals surface area (Å²) in [5.41, 5.74) is 0. The molecule has 156 valence electrons. The second kappa shape index (κ2) is 11.1. The molecule has 1 saturated carbocycles. The molecule has 1 heterocycles. The number of hydrogen-bond donors (Lipinski definition) is 2. The largest absolute Gasteiger partial charge is 0.469 e. The fourth-order valence-corrected chi connectivity index (χ4v) is 4.41. The molecular weight excluding hydrogens is 351 g/mol. The maximum Gasteiger partial charge on any atom is 0.305 e. The third-order valence-electron chi connectivity index (χ3n) is 5.95. The summed E-state index contributed by atoms with van der Waals surface area (Å²) in [5, 5.41) is 20.5. The number of hydrogen-bond acceptors (Lipinski definition) is 5. The topological polar surface area (TPSA) is 76.0 Å². The van der Waals surface area contributed by atoms with Crippen LogP contribution in [-0.2, 0) is 14.3 Å². The minimum absolute atomic E-state index is 0.167. The van der Waals surface area contributed by atoms with Crippen molar-refractivity contribution in [3.63, 3.8) is 0 Å². The quantitative estimate of drug-likeness (QED) is 0.324. The summed E-state index contributed by atoms with van der Waals surface area (Å²) < 4.78 is 25.3. The Bertz CT molecular complexity index is 483. The van der Waals surface area contributed by atoms with Crippen LogP contribution in [0.3, 0.4) is 0 Å². The summed E-state index contributed by atoms with van der Waals surface area (Å²) in [4.78, 5) is 11.1. The molecule has 1 aliphatic carbocycles. The first-order valence-corrected chi connectivity index (χ1v) is 10.4. The van der Waals surface area contributed by atoms with Gasteiger partial charge in [-0.2, -0.15) is 0 Å². The number of fused-ring (bicyclic) bond motifs is 1. The molecule has 0 aromatic rings. The lowest BCUT2D eigenvalue weighted by Crippen LogP contribution is -2.30. The van der Waals surface area contributed by atoms with Crippen molar-refractivity contribution in [1.82, 2.24) is 0 Å². The van der Waals surface area contributed by atoms with Crippen LogP contribution in [0.4, 0.5) is 4.39 Å². The van der Waals surface area contributed by atoms with E-state index in [1.807, 2.05) is 0 Å². The Morgan fingerprint density at radius 1 is 1.37 bits per heavy atom. The molecule has 7 atom stereocenters. The van der Waals surface area contributed by atoms with E-state index in [1.54, 1.807) is 12.2 Å². The Hall–Kier alpha value is -0.980. The van der Waals surface area contributed by atoms with E-state index < -0.39 is 18.4 Å². The van der Waals surface area contributed by atoms with Crippen LogP contribution < -0.4 is 0 Å². The Balaban J connectivity index is 1.82. The second-order valence-corrected chi connectivity index (χ2v) is 7.90. The van der Waals surface area contributed by atoms with Crippen LogP contribution >= 0.6 is 0 Å². The highest BCUT2D eigenvalue weighted by Crippen LogP contribution is 2.47. The predicted octanol–water partition coefficient (Wildman–Crippen LogP) is 3.32. The van der Waals surface area contributed by atoms with E-state index in [0.29, 0.717) is 25.7 Å². The highest BCUT2D eigenvalue weighted by atomic mass is 19.1. The van der Waals surface area contributed by atoms with Crippen molar-refractivity contribution in [1.29, 1.82) is 0 Å². The van der Waals surface area contributed by atoms with E-state index in [9.17, 15) is 19.4 Å². The predicted molar refractivity (Wildman–Crippen MR) is 101 cm³/mol. The van der Waals surface area contributed by atoms with Gasteiger partial charge in [0.15, 0.2) is 0 Å². The molecule has 0 aromatic carbocycles. The van der Waals surface area contributed by atoms with Gasteiger partial charge in [0.05, 0.1) is 25.4 Å². The molecule has 1 unspecified atom stereocenters. The maximum absolute atomic E-state index is 15.0. The summed E-state index contributed by atoms with van der Waals surface area (Å²) in [6, 6.07) is 0. The molecule has 2 aliphatic rings. The molecule has 5 nitrogen and oxygen atoms in total. The number of aliphatic hydroxyl groups is 2. The molecule has 2 fully saturated rings. The summed E-state index contributed by atoms with van der Waals surface area (Å²) in [6.07, 6.45) is 6.88. The van der Waals surface area contributed by atoms with E-state index in [1.165, 1.54) is 7.11 Å². The van der Waals surface area contributed by atoms with Gasteiger partial charge in [0.1, 0.15) is 12.3 Å². The number of carbonyl (C=O) groups excluding carboxylic acids is 1. The van der Waals surface area contributed by atoms with E-state index >= 15 is 0 Å². The molecule has 1 saturated heterocycles. The summed E-state index contributed by atoms with van der Waals surface area (Å²) in [6.45, 7) is 2.13. The zero-order valence-electron chi connectivity index (χ0n) is 16.6. The third-order valence-corrected chi connectivity index (χ3v) is 5.95. The van der Waals surface area contributed by atoms with Crippen molar-refractivity contribution in [3.05, 3.63) is 12.2 Å². The number of ether oxygens (including phenoxy) is 2. The molecule has 2 rings (SSSR count). The van der Waals surface area contributed by atoms with Crippen molar-refractivity contribution >= 4 is 5.97 Å². The molecule has 0 radical (unpaired) electrons. The Morgan fingerprint density at radius 3 is 2.85 bits per heavy atom. The molecule has 0 amide bonds. The number of alkyl halides is 1. The average molecular weight is 387 g/mol. The smallest absolute Gasteiger partial charge is 0.305 e. The van der Waals surface area contributed by atoms with E-state index in [-0.39, 0.29) is 36.4 Å². The maximum atomic E-state index is 15.0. The first-order valence-electron chi connectivity index (χ1n) is 10.4. The summed E-state index contributed by atoms with van der Waals surface area (Å²) in [5.74, 6) is -0.779. The van der Waals surface area contributed by atoms with Crippen LogP contribution in [0, 0.1) is 11.8 Å². The Morgan fingerprint density at radius 2 is 2.15 bits per heavy atom. The molecule has 0 spiro atoms. The van der Waals surface area contributed by atoms with Gasteiger partial charge in [-0.3, -0.25) is 4.79 Å². The zero-order valence-corrected chi connectivity index (χ0v) is 16.6. The van der Waals surface area contributed by atoms with Gasteiger partial charge in [0, 0.05) is 18.8 Å². The summed E-state index contributed by atoms with van der Waals surface area (Å²) in [7, 11) is 1.34. The molecule has 27 heavy (non-hydrogen) atoms. The van der Waals surface area contributed by atoms with Gasteiger partial charge < -0.3 is 19.7 Å². The molecule has 0 aromatic heterocycles. The number of esters is 1. The second-order valence-electron chi connectivity index (χ2n) is 7.90. The summed E-state index contributed by atoms with van der Waals surface area (Å²) >= 11 is 0. The lowest BCUT2D eigenvalue weighted by Gasteiger charge is -2.24. The number of methoxy groups -OCH3 is 1. The van der Waals surface area contributed by atoms with Crippen molar-refractivity contribution in [2.45, 2.75) is 95.3 Å². The fraction of sp³-hybridized carbons (Fsp3) is 0.857. The van der Waals surface area contributed by atoms with Crippen LogP contribution in [0.25, 0.3) is 0 Å². The van der Waals surface area contributed by atoms with Crippen LogP contribution in [-0.4, -0.2) is 53.9 Å². The van der Waals surface area contributed by atoms with Crippen molar-refractivity contribution in [2.24, 2.45) is 11.8 Å². The lowest BCUT2D eigenvalue weighted by molar-refractivity contribution is -0.140. The van der Waals surface area contributed by atoms with Gasteiger partial charge in [0.2, 0.25) is 0 Å². The van der Waals surface area contributed by atoms with Crippen molar-refractivity contribution in [2.75, 3.05) is 7.11 Å². The number of halogens is 1. The first kappa shape index (κ1) is 22.3. The number of carbonyl (C=O) groups is 1. The first-order chi connectivity index (χ1) is 13.0. The number of aliphatic hydroxyl groups excluding tert-OH is 2. The van der Waals surface area contributed by atoms with Crippen LogP contribution in [0.1, 0.15) is 64.7 Å². The average Bonchev–Trinajstić information content (AvgIpc) is 3.12. The Kier molecular flexibility index (Phi) is 9.19. The number of rotatable bonds is 11.